The van der Waals surface area contributed by atoms with Gasteiger partial charge in [0, 0.05) is 0 Å². The number of hydrogen-bond donors (Lipinski definition) is 1. The molecule has 15 heavy (non-hydrogen) atoms. The number of unbranched alkanes of at least 4 members (excludes halogenated alkanes) is 1. The maximum atomic E-state index is 10.1. The number of hydrogen-bond acceptors (Lipinski definition) is 1. The third kappa shape index (κ3) is 2.74. The van der Waals surface area contributed by atoms with Crippen LogP contribution in [0, 0.1) is 6.92 Å². The first-order chi connectivity index (χ1) is 7.07. The van der Waals surface area contributed by atoms with Gasteiger partial charge in [-0.3, -0.25) is 0 Å². The first kappa shape index (κ1) is 12.1. The van der Waals surface area contributed by atoms with Crippen LogP contribution < -0.4 is 0 Å². The van der Waals surface area contributed by atoms with E-state index >= 15 is 0 Å². The molecule has 1 aromatic rings. The van der Waals surface area contributed by atoms with Gasteiger partial charge in [0.05, 0.1) is 0 Å². The van der Waals surface area contributed by atoms with Crippen LogP contribution in [-0.2, 0) is 6.42 Å². The summed E-state index contributed by atoms with van der Waals surface area (Å²) < 4.78 is 0. The summed E-state index contributed by atoms with van der Waals surface area (Å²) in [5.41, 5.74) is 3.45. The molecule has 0 aromatic heterocycles. The zero-order valence-corrected chi connectivity index (χ0v) is 10.3. The fraction of sp³-hybridized carbons (Fsp3) is 0.571. The highest BCUT2D eigenvalue weighted by atomic mass is 16.3. The van der Waals surface area contributed by atoms with E-state index in [9.17, 15) is 5.11 Å². The van der Waals surface area contributed by atoms with Crippen molar-refractivity contribution >= 4 is 0 Å². The first-order valence-corrected chi connectivity index (χ1v) is 5.89. The molecule has 0 bridgehead atoms. The highest BCUT2D eigenvalue weighted by Gasteiger charge is 2.12. The molecule has 0 spiro atoms. The van der Waals surface area contributed by atoms with Crippen LogP contribution in [-0.4, -0.2) is 5.11 Å². The van der Waals surface area contributed by atoms with E-state index in [2.05, 4.69) is 26.8 Å². The van der Waals surface area contributed by atoms with Crippen molar-refractivity contribution in [3.8, 4) is 5.75 Å². The molecule has 0 saturated heterocycles. The van der Waals surface area contributed by atoms with E-state index in [-0.39, 0.29) is 0 Å². The molecule has 0 fully saturated rings. The van der Waals surface area contributed by atoms with Gasteiger partial charge in [0.1, 0.15) is 5.75 Å². The molecule has 0 saturated carbocycles. The predicted molar refractivity (Wildman–Crippen MR) is 65.5 cm³/mol. The van der Waals surface area contributed by atoms with Gasteiger partial charge in [-0.2, -0.15) is 0 Å². The number of phenols is 1. The Morgan fingerprint density at radius 3 is 2.47 bits per heavy atom. The van der Waals surface area contributed by atoms with Crippen LogP contribution in [0.3, 0.4) is 0 Å². The van der Waals surface area contributed by atoms with Crippen LogP contribution in [0.4, 0.5) is 0 Å². The van der Waals surface area contributed by atoms with Gasteiger partial charge < -0.3 is 5.11 Å². The van der Waals surface area contributed by atoms with E-state index in [1.807, 2.05) is 13.0 Å². The summed E-state index contributed by atoms with van der Waals surface area (Å²) in [6.45, 7) is 8.51. The van der Waals surface area contributed by atoms with Crippen molar-refractivity contribution in [3.05, 3.63) is 28.8 Å². The summed E-state index contributed by atoms with van der Waals surface area (Å²) in [5.74, 6) is 0.998. The fourth-order valence-corrected chi connectivity index (χ4v) is 1.93. The van der Waals surface area contributed by atoms with Gasteiger partial charge in [0.15, 0.2) is 0 Å². The first-order valence-electron chi connectivity index (χ1n) is 5.89. The quantitative estimate of drug-likeness (QED) is 0.784. The van der Waals surface area contributed by atoms with E-state index in [4.69, 9.17) is 0 Å². The van der Waals surface area contributed by atoms with Gasteiger partial charge in [0.25, 0.3) is 0 Å². The lowest BCUT2D eigenvalue weighted by Crippen LogP contribution is -1.98. The minimum Gasteiger partial charge on any atom is -0.507 e. The molecule has 1 aromatic carbocycles. The zero-order chi connectivity index (χ0) is 11.4. The lowest BCUT2D eigenvalue weighted by Gasteiger charge is -2.15. The summed E-state index contributed by atoms with van der Waals surface area (Å²) in [6.07, 6.45) is 3.32. The minimum absolute atomic E-state index is 0.489. The van der Waals surface area contributed by atoms with E-state index in [1.54, 1.807) is 0 Å². The second-order valence-electron chi connectivity index (χ2n) is 4.56. The van der Waals surface area contributed by atoms with Crippen LogP contribution in [0.5, 0.6) is 5.75 Å². The van der Waals surface area contributed by atoms with E-state index < -0.39 is 0 Å². The molecule has 1 N–H and O–H groups in total. The molecule has 1 nitrogen and oxygen atoms in total. The van der Waals surface area contributed by atoms with Crippen molar-refractivity contribution in [2.24, 2.45) is 0 Å². The van der Waals surface area contributed by atoms with Crippen molar-refractivity contribution in [1.82, 2.24) is 0 Å². The molecular formula is C14H22O. The summed E-state index contributed by atoms with van der Waals surface area (Å²) >= 11 is 0. The van der Waals surface area contributed by atoms with Crippen LogP contribution in [0.15, 0.2) is 12.1 Å². The maximum absolute atomic E-state index is 10.1. The predicted octanol–water partition coefficient (Wildman–Crippen LogP) is 4.17. The number of benzene rings is 1. The average Bonchev–Trinajstić information content (AvgIpc) is 2.19. The van der Waals surface area contributed by atoms with Crippen molar-refractivity contribution < 1.29 is 5.11 Å². The van der Waals surface area contributed by atoms with Gasteiger partial charge in [-0.1, -0.05) is 39.3 Å². The van der Waals surface area contributed by atoms with Crippen molar-refractivity contribution in [3.63, 3.8) is 0 Å². The average molecular weight is 206 g/mol. The zero-order valence-electron chi connectivity index (χ0n) is 10.3. The Bertz CT molecular complexity index is 326. The molecule has 1 rings (SSSR count). The molecule has 0 aliphatic rings. The van der Waals surface area contributed by atoms with E-state index in [0.717, 1.165) is 24.0 Å². The minimum atomic E-state index is 0.489. The van der Waals surface area contributed by atoms with E-state index in [1.165, 1.54) is 12.0 Å². The van der Waals surface area contributed by atoms with Crippen LogP contribution >= 0.6 is 0 Å². The third-order valence-corrected chi connectivity index (χ3v) is 2.92. The van der Waals surface area contributed by atoms with Crippen molar-refractivity contribution in [1.29, 1.82) is 0 Å². The van der Waals surface area contributed by atoms with Crippen LogP contribution in [0.25, 0.3) is 0 Å². The maximum Gasteiger partial charge on any atom is 0.121 e. The van der Waals surface area contributed by atoms with Gasteiger partial charge >= 0.3 is 0 Å². The second-order valence-corrected chi connectivity index (χ2v) is 4.56. The highest BCUT2D eigenvalue weighted by molar-refractivity contribution is 5.46. The molecule has 1 heteroatoms. The molecular weight excluding hydrogens is 184 g/mol. The molecule has 0 aliphatic carbocycles. The topological polar surface area (TPSA) is 20.2 Å². The highest BCUT2D eigenvalue weighted by Crippen LogP contribution is 2.31. The van der Waals surface area contributed by atoms with Crippen LogP contribution in [0.1, 0.15) is 56.2 Å². The largest absolute Gasteiger partial charge is 0.507 e. The van der Waals surface area contributed by atoms with Gasteiger partial charge in [-0.15, -0.1) is 0 Å². The molecule has 84 valence electrons. The molecule has 0 heterocycles. The normalized spacial score (nSPS) is 11.0. The lowest BCUT2D eigenvalue weighted by atomic mass is 9.91. The summed E-state index contributed by atoms with van der Waals surface area (Å²) in [4.78, 5) is 0. The summed E-state index contributed by atoms with van der Waals surface area (Å²) in [7, 11) is 0. The van der Waals surface area contributed by atoms with Crippen molar-refractivity contribution in [2.45, 2.75) is 52.9 Å². The SMILES string of the molecule is CCCCc1c(C(C)C)ccc(C)c1O. The Labute approximate surface area is 93.1 Å². The van der Waals surface area contributed by atoms with Gasteiger partial charge in [0.2, 0.25) is 0 Å². The van der Waals surface area contributed by atoms with Gasteiger partial charge in [-0.25, -0.2) is 0 Å². The molecule has 0 atom stereocenters. The second kappa shape index (κ2) is 5.20. The van der Waals surface area contributed by atoms with Crippen LogP contribution in [0.2, 0.25) is 0 Å². The lowest BCUT2D eigenvalue weighted by molar-refractivity contribution is 0.460. The van der Waals surface area contributed by atoms with Gasteiger partial charge in [-0.05, 0) is 42.4 Å². The Hall–Kier alpha value is -0.980. The van der Waals surface area contributed by atoms with Crippen molar-refractivity contribution in [2.75, 3.05) is 0 Å². The molecule has 0 unspecified atom stereocenters. The molecule has 0 amide bonds. The summed E-state index contributed by atoms with van der Waals surface area (Å²) in [5, 5.41) is 10.1. The molecule has 0 aliphatic heterocycles. The molecule has 0 radical (unpaired) electrons. The Morgan fingerprint density at radius 1 is 1.27 bits per heavy atom. The van der Waals surface area contributed by atoms with E-state index in [0.29, 0.717) is 11.7 Å². The smallest absolute Gasteiger partial charge is 0.121 e. The Morgan fingerprint density at radius 2 is 1.93 bits per heavy atom. The number of aromatic hydroxyl groups is 1. The third-order valence-electron chi connectivity index (χ3n) is 2.92. The summed E-state index contributed by atoms with van der Waals surface area (Å²) in [6, 6.07) is 4.17. The Kier molecular flexibility index (Phi) is 4.19. The number of phenolic OH excluding ortho intramolecular Hbond substituents is 1. The monoisotopic (exact) mass is 206 g/mol. The Balaban J connectivity index is 3.10. The number of rotatable bonds is 4. The number of aryl methyl sites for hydroxylation is 1. The fourth-order valence-electron chi connectivity index (χ4n) is 1.93. The standard InChI is InChI=1S/C14H22O/c1-5-6-7-13-12(10(2)3)9-8-11(4)14(13)15/h8-10,15H,5-7H2,1-4H3.